The van der Waals surface area contributed by atoms with Crippen LogP contribution in [0.2, 0.25) is 5.82 Å². The van der Waals surface area contributed by atoms with Gasteiger partial charge in [0.05, 0.1) is 0 Å². The van der Waals surface area contributed by atoms with E-state index in [1.807, 2.05) is 0 Å². The molecule has 1 aromatic rings. The number of aromatic amines is 1. The number of rotatable bonds is 3. The van der Waals surface area contributed by atoms with Crippen molar-refractivity contribution in [2.75, 3.05) is 19.6 Å². The van der Waals surface area contributed by atoms with Gasteiger partial charge in [-0.2, -0.15) is 0 Å². The normalized spacial score (nSPS) is 30.1. The van der Waals surface area contributed by atoms with Crippen LogP contribution >= 0.6 is 0 Å². The van der Waals surface area contributed by atoms with Crippen molar-refractivity contribution in [3.8, 4) is 0 Å². The van der Waals surface area contributed by atoms with Crippen molar-refractivity contribution in [2.45, 2.75) is 18.7 Å². The highest BCUT2D eigenvalue weighted by molar-refractivity contribution is 6.78. The Balaban J connectivity index is 1.67. The Hall–Kier alpha value is -1.36. The largest absolute Gasteiger partial charge is 0.328 e. The van der Waals surface area contributed by atoms with Crippen molar-refractivity contribution in [2.24, 2.45) is 5.92 Å². The molecule has 3 saturated heterocycles. The molecule has 5 heteroatoms. The zero-order valence-corrected chi connectivity index (χ0v) is 10.4. The summed E-state index contributed by atoms with van der Waals surface area (Å²) < 4.78 is 0. The number of nitrogens with zero attached hydrogens (tertiary/aromatic N) is 1. The lowest BCUT2D eigenvalue weighted by molar-refractivity contribution is 0.101. The second kappa shape index (κ2) is 4.73. The van der Waals surface area contributed by atoms with Crippen molar-refractivity contribution in [3.63, 3.8) is 0 Å². The van der Waals surface area contributed by atoms with Gasteiger partial charge in [0.2, 0.25) is 12.8 Å². The van der Waals surface area contributed by atoms with E-state index < -0.39 is 0 Å². The number of carbonyl (C=O) groups is 1. The molecule has 0 aromatic carbocycles. The first-order valence-electron chi connectivity index (χ1n) is 6.66. The minimum absolute atomic E-state index is 0.157. The molecule has 3 aliphatic heterocycles. The molecule has 0 saturated carbocycles. The predicted molar refractivity (Wildman–Crippen MR) is 71.5 cm³/mol. The fourth-order valence-corrected chi connectivity index (χ4v) is 3.26. The quantitative estimate of drug-likeness (QED) is 0.786. The van der Waals surface area contributed by atoms with Gasteiger partial charge in [-0.15, -0.1) is 0 Å². The molecular weight excluding hydrogens is 227 g/mol. The zero-order chi connectivity index (χ0) is 12.5. The van der Waals surface area contributed by atoms with Gasteiger partial charge in [-0.05, 0) is 50.3 Å². The smallest absolute Gasteiger partial charge is 0.247 e. The molecule has 18 heavy (non-hydrogen) atoms. The molecule has 3 aliphatic rings. The number of hydrogen-bond acceptors (Lipinski definition) is 3. The molecule has 2 bridgehead atoms. The van der Waals surface area contributed by atoms with Crippen molar-refractivity contribution >= 4 is 13.0 Å². The summed E-state index contributed by atoms with van der Waals surface area (Å²) in [5, 5.41) is 0. The van der Waals surface area contributed by atoms with Crippen LogP contribution in [0.1, 0.15) is 23.2 Å². The predicted octanol–water partition coefficient (Wildman–Crippen LogP) is 0.466. The molecule has 0 aliphatic carbocycles. The van der Waals surface area contributed by atoms with Crippen LogP contribution in [0.4, 0.5) is 0 Å². The number of pyridine rings is 1. The van der Waals surface area contributed by atoms with E-state index in [0.717, 1.165) is 12.5 Å². The monoisotopic (exact) mass is 244 g/mol. The molecule has 4 rings (SSSR count). The lowest BCUT2D eigenvalue weighted by Gasteiger charge is -2.44. The van der Waals surface area contributed by atoms with Crippen LogP contribution in [0.25, 0.3) is 0 Å². The number of H-pyrrole nitrogens is 1. The van der Waals surface area contributed by atoms with Crippen molar-refractivity contribution in [1.82, 2.24) is 9.88 Å². The van der Waals surface area contributed by atoms with Gasteiger partial charge in [0, 0.05) is 17.8 Å². The lowest BCUT2D eigenvalue weighted by atomic mass is 9.52. The third kappa shape index (κ3) is 2.27. The maximum Gasteiger partial charge on any atom is 0.247 e. The molecule has 1 N–H and O–H groups in total. The Kier molecular flexibility index (Phi) is 3.08. The number of fused-ring (bicyclic) bond motifs is 3. The third-order valence-electron chi connectivity index (χ3n) is 4.35. The van der Waals surface area contributed by atoms with E-state index >= 15 is 0 Å². The molecule has 0 amide bonds. The first-order valence-corrected chi connectivity index (χ1v) is 6.66. The fourth-order valence-electron chi connectivity index (χ4n) is 3.26. The molecular formula is C13H17BN2O2. The molecule has 0 spiro atoms. The van der Waals surface area contributed by atoms with Crippen LogP contribution in [0.15, 0.2) is 23.1 Å². The Bertz CT molecular complexity index is 485. The van der Waals surface area contributed by atoms with Crippen LogP contribution in [-0.4, -0.2) is 42.5 Å². The Morgan fingerprint density at radius 3 is 2.67 bits per heavy atom. The highest BCUT2D eigenvalue weighted by Crippen LogP contribution is 2.35. The van der Waals surface area contributed by atoms with Gasteiger partial charge in [-0.25, -0.2) is 0 Å². The summed E-state index contributed by atoms with van der Waals surface area (Å²) in [6, 6.07) is 3.05. The third-order valence-corrected chi connectivity index (χ3v) is 4.35. The maximum absolute atomic E-state index is 12.2. The average Bonchev–Trinajstić information content (AvgIpc) is 2.41. The summed E-state index contributed by atoms with van der Waals surface area (Å²) in [6.45, 7) is 3.47. The van der Waals surface area contributed by atoms with Gasteiger partial charge < -0.3 is 14.7 Å². The van der Waals surface area contributed by atoms with E-state index in [0.29, 0.717) is 18.7 Å². The topological polar surface area (TPSA) is 53.2 Å². The number of carbonyl (C=O) groups excluding carboxylic acids is 1. The first-order chi connectivity index (χ1) is 8.72. The van der Waals surface area contributed by atoms with E-state index in [4.69, 9.17) is 0 Å². The fraction of sp³-hybridized carbons (Fsp3) is 0.538. The molecule has 4 heterocycles. The van der Waals surface area contributed by atoms with Gasteiger partial charge in [0.1, 0.15) is 5.68 Å². The molecule has 1 unspecified atom stereocenters. The van der Waals surface area contributed by atoms with Crippen LogP contribution in [-0.2, 0) is 0 Å². The maximum atomic E-state index is 12.2. The minimum atomic E-state index is -0.158. The molecule has 1 atom stereocenters. The number of nitrogens with one attached hydrogen (secondary N) is 1. The van der Waals surface area contributed by atoms with Crippen LogP contribution < -0.4 is 5.56 Å². The van der Waals surface area contributed by atoms with Gasteiger partial charge in [0.25, 0.3) is 0 Å². The van der Waals surface area contributed by atoms with Crippen molar-refractivity contribution in [1.29, 1.82) is 0 Å². The lowest BCUT2D eigenvalue weighted by Crippen LogP contribution is -2.47. The Morgan fingerprint density at radius 1 is 1.33 bits per heavy atom. The van der Waals surface area contributed by atoms with Gasteiger partial charge in [-0.3, -0.25) is 4.79 Å². The van der Waals surface area contributed by atoms with E-state index in [2.05, 4.69) is 9.88 Å². The Morgan fingerprint density at radius 2 is 2.11 bits per heavy atom. The van der Waals surface area contributed by atoms with Gasteiger partial charge >= 0.3 is 0 Å². The molecule has 0 radical (unpaired) electrons. The Labute approximate surface area is 107 Å². The van der Waals surface area contributed by atoms with Crippen LogP contribution in [0, 0.1) is 5.92 Å². The molecule has 4 nitrogen and oxygen atoms in total. The SMILES string of the molecule is O=C(BC1CN2CCC1CC2)c1ccc(=O)[nH]c1. The number of piperidine rings is 3. The highest BCUT2D eigenvalue weighted by Gasteiger charge is 2.35. The summed E-state index contributed by atoms with van der Waals surface area (Å²) in [5.74, 6) is 1.23. The molecule has 1 aromatic heterocycles. The van der Waals surface area contributed by atoms with E-state index in [-0.39, 0.29) is 11.2 Å². The van der Waals surface area contributed by atoms with Crippen LogP contribution in [0.5, 0.6) is 0 Å². The second-order valence-corrected chi connectivity index (χ2v) is 5.47. The average molecular weight is 244 g/mol. The van der Waals surface area contributed by atoms with Crippen molar-refractivity contribution in [3.05, 3.63) is 34.2 Å². The van der Waals surface area contributed by atoms with Gasteiger partial charge in [-0.1, -0.05) is 0 Å². The molecule has 3 fully saturated rings. The summed E-state index contributed by atoms with van der Waals surface area (Å²) in [4.78, 5) is 28.2. The summed E-state index contributed by atoms with van der Waals surface area (Å²) in [6.07, 6.45) is 4.01. The highest BCUT2D eigenvalue weighted by atomic mass is 16.1. The summed E-state index contributed by atoms with van der Waals surface area (Å²) in [5.41, 5.74) is 0.630. The molecule has 94 valence electrons. The second-order valence-electron chi connectivity index (χ2n) is 5.47. The van der Waals surface area contributed by atoms with Crippen molar-refractivity contribution < 1.29 is 4.79 Å². The summed E-state index contributed by atoms with van der Waals surface area (Å²) >= 11 is 0. The van der Waals surface area contributed by atoms with E-state index in [1.54, 1.807) is 6.07 Å². The number of hydrogen-bond donors (Lipinski definition) is 1. The number of aromatic nitrogens is 1. The minimum Gasteiger partial charge on any atom is -0.328 e. The van der Waals surface area contributed by atoms with E-state index in [9.17, 15) is 9.59 Å². The van der Waals surface area contributed by atoms with Crippen LogP contribution in [0.3, 0.4) is 0 Å². The first kappa shape index (κ1) is 11.7. The summed E-state index contributed by atoms with van der Waals surface area (Å²) in [7, 11) is 0.618. The van der Waals surface area contributed by atoms with Gasteiger partial charge in [0.15, 0.2) is 0 Å². The zero-order valence-electron chi connectivity index (χ0n) is 10.4. The standard InChI is InChI=1S/C13H17BN2O2/c17-12-2-1-10(7-15-12)13(18)14-11-8-16-5-3-9(11)4-6-16/h1-2,7,9,11,14H,3-6,8H2,(H,15,17). The van der Waals surface area contributed by atoms with E-state index in [1.165, 1.54) is 38.2 Å².